The van der Waals surface area contributed by atoms with Crippen LogP contribution in [0.5, 0.6) is 0 Å². The Morgan fingerprint density at radius 2 is 1.79 bits per heavy atom. The number of benzene rings is 3. The summed E-state index contributed by atoms with van der Waals surface area (Å²) in [5.74, 6) is -0.611. The highest BCUT2D eigenvalue weighted by atomic mass is 32.2. The lowest BCUT2D eigenvalue weighted by atomic mass is 10.1. The van der Waals surface area contributed by atoms with Crippen LogP contribution in [0.25, 0.3) is 11.4 Å². The van der Waals surface area contributed by atoms with E-state index < -0.39 is 16.6 Å². The topological polar surface area (TPSA) is 117 Å². The molecule has 3 aromatic carbocycles. The number of nitrogens with two attached hydrogens (primary N) is 1. The van der Waals surface area contributed by atoms with Crippen LogP contribution in [-0.4, -0.2) is 25.6 Å². The number of halogens is 1. The van der Waals surface area contributed by atoms with Gasteiger partial charge in [-0.15, -0.1) is 10.2 Å². The van der Waals surface area contributed by atoms with E-state index in [0.717, 1.165) is 11.6 Å². The Bertz CT molecular complexity index is 1330. The molecule has 10 heteroatoms. The normalized spacial score (nSPS) is 10.8. The Balaban J connectivity index is 1.69. The second kappa shape index (κ2) is 9.61. The smallest absolute Gasteiger partial charge is 0.274 e. The van der Waals surface area contributed by atoms with E-state index in [1.54, 1.807) is 22.8 Å². The fourth-order valence-corrected chi connectivity index (χ4v) is 4.23. The number of hydrogen-bond acceptors (Lipinski definition) is 6. The van der Waals surface area contributed by atoms with Crippen LogP contribution in [0.2, 0.25) is 0 Å². The molecule has 0 aliphatic heterocycles. The van der Waals surface area contributed by atoms with Gasteiger partial charge in [0.1, 0.15) is 5.82 Å². The van der Waals surface area contributed by atoms with E-state index in [1.165, 1.54) is 30.0 Å². The van der Waals surface area contributed by atoms with Crippen molar-refractivity contribution in [3.05, 3.63) is 105 Å². The van der Waals surface area contributed by atoms with Crippen molar-refractivity contribution in [3.63, 3.8) is 0 Å². The van der Waals surface area contributed by atoms with Gasteiger partial charge < -0.3 is 5.73 Å². The van der Waals surface area contributed by atoms with E-state index in [4.69, 9.17) is 5.73 Å². The molecule has 8 nitrogen and oxygen atoms in total. The lowest BCUT2D eigenvalue weighted by Crippen LogP contribution is -2.11. The molecule has 33 heavy (non-hydrogen) atoms. The molecule has 4 rings (SSSR count). The minimum atomic E-state index is -0.741. The SMILES string of the molecule is NC(=O)c1ccc(CSc2nnc(-c3ccccc3F)n2Cc2ccccc2)c([N+](=O)[O-])c1. The van der Waals surface area contributed by atoms with Crippen molar-refractivity contribution in [1.82, 2.24) is 14.8 Å². The number of carbonyl (C=O) groups is 1. The number of hydrogen-bond donors (Lipinski definition) is 1. The average molecular weight is 463 g/mol. The molecule has 0 saturated carbocycles. The van der Waals surface area contributed by atoms with Crippen molar-refractivity contribution in [1.29, 1.82) is 0 Å². The Morgan fingerprint density at radius 3 is 2.48 bits per heavy atom. The number of carbonyl (C=O) groups excluding carboxylic acids is 1. The van der Waals surface area contributed by atoms with Crippen molar-refractivity contribution in [2.24, 2.45) is 5.73 Å². The van der Waals surface area contributed by atoms with Crippen molar-refractivity contribution in [3.8, 4) is 11.4 Å². The van der Waals surface area contributed by atoms with E-state index in [0.29, 0.717) is 28.7 Å². The zero-order valence-corrected chi connectivity index (χ0v) is 18.0. The van der Waals surface area contributed by atoms with E-state index in [9.17, 15) is 19.3 Å². The van der Waals surface area contributed by atoms with Gasteiger partial charge in [0.2, 0.25) is 5.91 Å². The number of aromatic nitrogens is 3. The molecule has 0 radical (unpaired) electrons. The summed E-state index contributed by atoms with van der Waals surface area (Å²) >= 11 is 1.23. The number of nitro groups is 1. The summed E-state index contributed by atoms with van der Waals surface area (Å²) in [6.07, 6.45) is 0. The van der Waals surface area contributed by atoms with Gasteiger partial charge >= 0.3 is 0 Å². The van der Waals surface area contributed by atoms with Gasteiger partial charge in [0.05, 0.1) is 17.0 Å². The molecule has 0 atom stereocenters. The summed E-state index contributed by atoms with van der Waals surface area (Å²) in [4.78, 5) is 22.4. The summed E-state index contributed by atoms with van der Waals surface area (Å²) in [6.45, 7) is 0.391. The molecule has 1 aromatic heterocycles. The highest BCUT2D eigenvalue weighted by Crippen LogP contribution is 2.31. The van der Waals surface area contributed by atoms with Gasteiger partial charge in [-0.1, -0.05) is 60.3 Å². The van der Waals surface area contributed by atoms with Crippen molar-refractivity contribution in [2.75, 3.05) is 0 Å². The minimum Gasteiger partial charge on any atom is -0.366 e. The van der Waals surface area contributed by atoms with Gasteiger partial charge in [-0.2, -0.15) is 0 Å². The van der Waals surface area contributed by atoms with E-state index in [1.807, 2.05) is 30.3 Å². The monoisotopic (exact) mass is 463 g/mol. The van der Waals surface area contributed by atoms with E-state index in [2.05, 4.69) is 10.2 Å². The van der Waals surface area contributed by atoms with Crippen molar-refractivity contribution >= 4 is 23.4 Å². The molecule has 2 N–H and O–H groups in total. The molecule has 0 unspecified atom stereocenters. The molecule has 0 aliphatic rings. The predicted octanol–water partition coefficient (Wildman–Crippen LogP) is 4.43. The maximum Gasteiger partial charge on any atom is 0.274 e. The Kier molecular flexibility index (Phi) is 6.45. The van der Waals surface area contributed by atoms with Crippen molar-refractivity contribution in [2.45, 2.75) is 17.5 Å². The van der Waals surface area contributed by atoms with Crippen LogP contribution in [0, 0.1) is 15.9 Å². The second-order valence-electron chi connectivity index (χ2n) is 7.11. The third kappa shape index (κ3) is 4.90. The summed E-state index contributed by atoms with van der Waals surface area (Å²) in [5.41, 5.74) is 6.77. The van der Waals surface area contributed by atoms with Crippen LogP contribution in [-0.2, 0) is 12.3 Å². The van der Waals surface area contributed by atoms with Gasteiger partial charge in [0, 0.05) is 22.9 Å². The van der Waals surface area contributed by atoms with Crippen LogP contribution in [0.3, 0.4) is 0 Å². The van der Waals surface area contributed by atoms with Crippen LogP contribution in [0.15, 0.2) is 78.0 Å². The third-order valence-electron chi connectivity index (χ3n) is 4.94. The lowest BCUT2D eigenvalue weighted by molar-refractivity contribution is -0.385. The molecule has 1 heterocycles. The maximum atomic E-state index is 14.5. The van der Waals surface area contributed by atoms with Crippen molar-refractivity contribution < 1.29 is 14.1 Å². The van der Waals surface area contributed by atoms with Gasteiger partial charge in [-0.25, -0.2) is 4.39 Å². The molecular weight excluding hydrogens is 445 g/mol. The number of primary amides is 1. The van der Waals surface area contributed by atoms with Gasteiger partial charge in [0.25, 0.3) is 5.69 Å². The van der Waals surface area contributed by atoms with Gasteiger partial charge in [-0.3, -0.25) is 19.5 Å². The van der Waals surface area contributed by atoms with Crippen LogP contribution in [0.4, 0.5) is 10.1 Å². The zero-order chi connectivity index (χ0) is 23.4. The fraction of sp³-hybridized carbons (Fsp3) is 0.0870. The van der Waals surface area contributed by atoms with Gasteiger partial charge in [0.15, 0.2) is 11.0 Å². The Hall–Kier alpha value is -4.05. The van der Waals surface area contributed by atoms with Crippen LogP contribution in [0.1, 0.15) is 21.5 Å². The maximum absolute atomic E-state index is 14.5. The van der Waals surface area contributed by atoms with Crippen LogP contribution < -0.4 is 5.73 Å². The average Bonchev–Trinajstić information content (AvgIpc) is 3.20. The molecular formula is C23H18FN5O3S. The zero-order valence-electron chi connectivity index (χ0n) is 17.2. The second-order valence-corrected chi connectivity index (χ2v) is 8.05. The Labute approximate surface area is 192 Å². The molecule has 166 valence electrons. The first kappa shape index (κ1) is 22.2. The van der Waals surface area contributed by atoms with E-state index >= 15 is 0 Å². The number of nitrogens with zero attached hydrogens (tertiary/aromatic N) is 4. The number of rotatable bonds is 8. The molecule has 0 fully saturated rings. The van der Waals surface area contributed by atoms with E-state index in [-0.39, 0.29) is 17.0 Å². The Morgan fingerprint density at radius 1 is 1.06 bits per heavy atom. The summed E-state index contributed by atoms with van der Waals surface area (Å²) < 4.78 is 16.3. The summed E-state index contributed by atoms with van der Waals surface area (Å²) in [6, 6.07) is 20.0. The lowest BCUT2D eigenvalue weighted by Gasteiger charge is -2.11. The summed E-state index contributed by atoms with van der Waals surface area (Å²) in [7, 11) is 0. The molecule has 0 saturated heterocycles. The first-order valence-electron chi connectivity index (χ1n) is 9.86. The molecule has 0 bridgehead atoms. The predicted molar refractivity (Wildman–Crippen MR) is 122 cm³/mol. The summed E-state index contributed by atoms with van der Waals surface area (Å²) in [5, 5.41) is 20.4. The van der Waals surface area contributed by atoms with Crippen LogP contribution >= 0.6 is 11.8 Å². The third-order valence-corrected chi connectivity index (χ3v) is 5.95. The largest absolute Gasteiger partial charge is 0.366 e. The fourth-order valence-electron chi connectivity index (χ4n) is 3.30. The first-order chi connectivity index (χ1) is 15.9. The quantitative estimate of drug-likeness (QED) is 0.235. The molecule has 0 aliphatic carbocycles. The number of amides is 1. The van der Waals surface area contributed by atoms with Gasteiger partial charge in [-0.05, 0) is 23.8 Å². The molecule has 1 amide bonds. The number of thioether (sulfide) groups is 1. The molecule has 0 spiro atoms. The minimum absolute atomic E-state index is 0.0598. The molecule has 4 aromatic rings. The standard InChI is InChI=1S/C23H18FN5O3S/c24-19-9-5-4-8-18(19)22-26-27-23(28(22)13-15-6-2-1-3-7-15)33-14-17-11-10-16(21(25)30)12-20(17)29(31)32/h1-12H,13-14H2,(H2,25,30). The highest BCUT2D eigenvalue weighted by molar-refractivity contribution is 7.98. The first-order valence-corrected chi connectivity index (χ1v) is 10.8. The number of nitro benzene ring substituents is 1. The highest BCUT2D eigenvalue weighted by Gasteiger charge is 2.20.